The van der Waals surface area contributed by atoms with E-state index in [1.807, 2.05) is 87.3 Å². The highest BCUT2D eigenvalue weighted by atomic mass is 35.5. The van der Waals surface area contributed by atoms with Gasteiger partial charge >= 0.3 is 0 Å². The van der Waals surface area contributed by atoms with Gasteiger partial charge in [0.2, 0.25) is 35.1 Å². The lowest BCUT2D eigenvalue weighted by Gasteiger charge is -2.13. The first kappa shape index (κ1) is 77.7. The molecule has 27 nitrogen and oxygen atoms in total. The summed E-state index contributed by atoms with van der Waals surface area (Å²) in [7, 11) is 11.6. The number of ether oxygens (including phenoxy) is 3. The van der Waals surface area contributed by atoms with Crippen LogP contribution in [0.3, 0.4) is 0 Å². The summed E-state index contributed by atoms with van der Waals surface area (Å²) in [6.45, 7) is 8.49. The molecule has 29 heteroatoms. The number of anilines is 3. The number of hydrogen-bond donors (Lipinski definition) is 3. The Morgan fingerprint density at radius 3 is 1.13 bits per heavy atom. The minimum atomic E-state index is -0.501. The fraction of sp³-hybridized carbons (Fsp3) is 0.222. The van der Waals surface area contributed by atoms with Crippen LogP contribution in [0.2, 0.25) is 5.02 Å². The van der Waals surface area contributed by atoms with Gasteiger partial charge in [-0.05, 0) is 164 Å². The van der Waals surface area contributed by atoms with E-state index in [4.69, 9.17) is 39.4 Å². The van der Waals surface area contributed by atoms with Crippen molar-refractivity contribution in [3.63, 3.8) is 0 Å². The molecule has 0 saturated heterocycles. The highest BCUT2D eigenvalue weighted by Gasteiger charge is 2.28. The van der Waals surface area contributed by atoms with E-state index < -0.39 is 11.7 Å². The number of nitrogens with one attached hydrogen (secondary N) is 3. The SMILES string of the molecule is Cc1nc(-c2ccc(-c3ccc(C(=O)Nc4ccc(C#N)c(OCCN(C)C)c4)cn3)c(C3CC3)c2)no1.Cc1nc(-c2ccc(-c3ccc(C(=O)Nc4ccc(C#N)c(OCCN(C)C)c4)cn3)c(Cl)c2)no1.Cc1nc(-c2ccc(-c3ccc(C(=O)Nc4ccc(C#N)c(OCCN(C)C)c4)cn3)c(F)c2)no1. The number of halogens is 2. The Labute approximate surface area is 637 Å². The van der Waals surface area contributed by atoms with E-state index >= 15 is 0 Å². The summed E-state index contributed by atoms with van der Waals surface area (Å²) in [6, 6.07) is 47.3. The Kier molecular flexibility index (Phi) is 25.6. The number of nitrogens with zero attached hydrogens (tertiary/aromatic N) is 15. The van der Waals surface area contributed by atoms with Crippen LogP contribution in [0.1, 0.15) is 89.8 Å². The first-order valence-electron chi connectivity index (χ1n) is 34.5. The van der Waals surface area contributed by atoms with Gasteiger partial charge in [0.25, 0.3) is 17.7 Å². The molecule has 110 heavy (non-hydrogen) atoms. The third kappa shape index (κ3) is 20.6. The van der Waals surface area contributed by atoms with Crippen LogP contribution in [0.4, 0.5) is 21.5 Å². The van der Waals surface area contributed by atoms with Crippen molar-refractivity contribution in [2.75, 3.05) is 97.7 Å². The van der Waals surface area contributed by atoms with Crippen molar-refractivity contribution < 1.29 is 46.6 Å². The van der Waals surface area contributed by atoms with Crippen LogP contribution in [0.5, 0.6) is 17.2 Å². The summed E-state index contributed by atoms with van der Waals surface area (Å²) < 4.78 is 47.1. The zero-order valence-electron chi connectivity index (χ0n) is 61.5. The standard InChI is InChI=1S/C29H28N6O3.C26H23ClN6O3.C26H23FN6O3/c1-18-32-28(34-38-18)20-7-10-24(25(14-20)19-4-5-19)26-11-8-22(17-31-26)29(36)33-23-9-6-21(16-30)27(15-23)37-13-12-35(2)3;2*1-16-30-25(32-36-16)17-5-8-21(22(27)12-17)23-9-6-19(15-29-23)26(34)31-20-7-4-18(14-28)24(13-20)35-11-10-33(2)3/h6-11,14-15,17,19H,4-5,12-13H2,1-3H3,(H,33,36);2*4-9,12-13,15H,10-11H2,1-3H3,(H,31,34). The van der Waals surface area contributed by atoms with Gasteiger partial charge in [-0.3, -0.25) is 29.3 Å². The molecule has 0 bridgehead atoms. The number of aromatic nitrogens is 9. The summed E-state index contributed by atoms with van der Waals surface area (Å²) >= 11 is 6.48. The number of carbonyl (C=O) groups is 3. The molecule has 12 aromatic rings. The average molecular weight is 1500 g/mol. The summed E-state index contributed by atoms with van der Waals surface area (Å²) in [5.41, 5.74) is 10.9. The van der Waals surface area contributed by atoms with Gasteiger partial charge in [-0.25, -0.2) is 4.39 Å². The summed E-state index contributed by atoms with van der Waals surface area (Å²) in [4.78, 5) is 70.3. The smallest absolute Gasteiger partial charge is 0.257 e. The molecule has 1 saturated carbocycles. The number of benzene rings is 6. The number of aryl methyl sites for hydroxylation is 3. The Hall–Kier alpha value is -13.4. The molecule has 6 aromatic heterocycles. The van der Waals surface area contributed by atoms with E-state index in [0.717, 1.165) is 35.2 Å². The maximum Gasteiger partial charge on any atom is 0.257 e. The van der Waals surface area contributed by atoms with Crippen molar-refractivity contribution in [2.24, 2.45) is 0 Å². The molecule has 0 atom stereocenters. The Morgan fingerprint density at radius 2 is 0.809 bits per heavy atom. The lowest BCUT2D eigenvalue weighted by atomic mass is 9.97. The second kappa shape index (κ2) is 36.2. The number of pyridine rings is 3. The first-order chi connectivity index (χ1) is 53.1. The molecule has 0 radical (unpaired) electrons. The average Bonchev–Trinajstić information content (AvgIpc) is 1.59. The van der Waals surface area contributed by atoms with E-state index in [0.29, 0.717) is 170 Å². The Balaban J connectivity index is 0.000000164. The number of carbonyl (C=O) groups excluding carboxylic acids is 3. The van der Waals surface area contributed by atoms with Gasteiger partial charge in [0, 0.05) is 128 Å². The van der Waals surface area contributed by atoms with Crippen molar-refractivity contribution in [2.45, 2.75) is 39.5 Å². The number of rotatable bonds is 25. The molecular weight excluding hydrogens is 1420 g/mol. The molecule has 1 fully saturated rings. The van der Waals surface area contributed by atoms with E-state index in [9.17, 15) is 34.6 Å². The number of hydrogen-bond acceptors (Lipinski definition) is 24. The molecule has 0 aliphatic heterocycles. The topological polar surface area (TPSA) is 352 Å². The maximum absolute atomic E-state index is 14.8. The van der Waals surface area contributed by atoms with Crippen LogP contribution < -0.4 is 30.2 Å². The molecule has 1 aliphatic rings. The van der Waals surface area contributed by atoms with Crippen molar-refractivity contribution in [1.82, 2.24) is 60.1 Å². The second-order valence-electron chi connectivity index (χ2n) is 26.0. The second-order valence-corrected chi connectivity index (χ2v) is 26.4. The fourth-order valence-corrected chi connectivity index (χ4v) is 11.0. The number of nitriles is 3. The van der Waals surface area contributed by atoms with Crippen LogP contribution in [0.15, 0.2) is 178 Å². The summed E-state index contributed by atoms with van der Waals surface area (Å²) in [5.74, 6) is 2.90. The lowest BCUT2D eigenvalue weighted by molar-refractivity contribution is 0.101. The Morgan fingerprint density at radius 1 is 0.464 bits per heavy atom. The van der Waals surface area contributed by atoms with Gasteiger partial charge in [0.1, 0.15) is 61.1 Å². The van der Waals surface area contributed by atoms with Gasteiger partial charge < -0.3 is 58.4 Å². The molecule has 3 amide bonds. The van der Waals surface area contributed by atoms with Crippen LogP contribution in [-0.2, 0) is 0 Å². The largest absolute Gasteiger partial charge is 0.491 e. The molecule has 0 spiro atoms. The molecule has 6 aromatic carbocycles. The minimum absolute atomic E-state index is 0.275. The van der Waals surface area contributed by atoms with Gasteiger partial charge in [-0.1, -0.05) is 57.4 Å². The molecular formula is C81H74ClFN18O9. The van der Waals surface area contributed by atoms with Crippen molar-refractivity contribution in [1.29, 1.82) is 15.8 Å². The van der Waals surface area contributed by atoms with Crippen molar-refractivity contribution in [3.05, 3.63) is 232 Å². The van der Waals surface area contributed by atoms with E-state index in [2.05, 4.69) is 85.6 Å². The predicted molar refractivity (Wildman–Crippen MR) is 410 cm³/mol. The van der Waals surface area contributed by atoms with Gasteiger partial charge in [0.15, 0.2) is 0 Å². The molecule has 3 N–H and O–H groups in total. The highest BCUT2D eigenvalue weighted by Crippen LogP contribution is 2.45. The summed E-state index contributed by atoms with van der Waals surface area (Å²) in [5, 5.41) is 48.7. The van der Waals surface area contributed by atoms with E-state index in [-0.39, 0.29) is 22.9 Å². The van der Waals surface area contributed by atoms with Gasteiger partial charge in [-0.2, -0.15) is 30.7 Å². The first-order valence-corrected chi connectivity index (χ1v) is 34.9. The van der Waals surface area contributed by atoms with Crippen molar-refractivity contribution >= 4 is 46.4 Å². The molecule has 556 valence electrons. The number of likely N-dealkylation sites (N-methyl/N-ethyl adjacent to an activating group) is 3. The highest BCUT2D eigenvalue weighted by molar-refractivity contribution is 6.33. The van der Waals surface area contributed by atoms with Gasteiger partial charge in [0.05, 0.1) is 55.5 Å². The van der Waals surface area contributed by atoms with Crippen molar-refractivity contribution in [3.8, 4) is 103 Å². The predicted octanol–water partition coefficient (Wildman–Crippen LogP) is 14.2. The summed E-state index contributed by atoms with van der Waals surface area (Å²) in [6.07, 6.45) is 6.70. The molecule has 1 aliphatic carbocycles. The van der Waals surface area contributed by atoms with Crippen LogP contribution in [0, 0.1) is 60.6 Å². The quantitative estimate of drug-likeness (QED) is 0.0478. The zero-order valence-corrected chi connectivity index (χ0v) is 62.2. The number of amides is 3. The Bertz CT molecular complexity index is 5190. The maximum atomic E-state index is 14.8. The van der Waals surface area contributed by atoms with E-state index in [1.54, 1.807) is 130 Å². The molecule has 0 unspecified atom stereocenters. The third-order valence-corrected chi connectivity index (χ3v) is 17.0. The lowest BCUT2D eigenvalue weighted by Crippen LogP contribution is -2.19. The fourth-order valence-electron chi connectivity index (χ4n) is 10.8. The third-order valence-electron chi connectivity index (χ3n) is 16.7. The minimum Gasteiger partial charge on any atom is -0.491 e. The monoisotopic (exact) mass is 1500 g/mol. The zero-order chi connectivity index (χ0) is 78.0. The normalized spacial score (nSPS) is 11.5. The molecule has 6 heterocycles. The van der Waals surface area contributed by atoms with Gasteiger partial charge in [-0.15, -0.1) is 0 Å². The van der Waals surface area contributed by atoms with Crippen LogP contribution in [0.25, 0.3) is 67.9 Å². The van der Waals surface area contributed by atoms with E-state index in [1.165, 1.54) is 24.0 Å². The van der Waals surface area contributed by atoms with Crippen LogP contribution in [-0.4, -0.2) is 160 Å². The molecule has 13 rings (SSSR count). The van der Waals surface area contributed by atoms with Crippen LogP contribution >= 0.6 is 11.6 Å².